The van der Waals surface area contributed by atoms with Gasteiger partial charge in [0.05, 0.1) is 10.7 Å². The third kappa shape index (κ3) is 8.63. The molecule has 33 heavy (non-hydrogen) atoms. The van der Waals surface area contributed by atoms with Gasteiger partial charge in [0.25, 0.3) is 0 Å². The monoisotopic (exact) mass is 471 g/mol. The van der Waals surface area contributed by atoms with E-state index in [0.717, 1.165) is 41.9 Å². The Labute approximate surface area is 202 Å². The first-order chi connectivity index (χ1) is 16.1. The predicted molar refractivity (Wildman–Crippen MR) is 138 cm³/mol. The van der Waals surface area contributed by atoms with Crippen LogP contribution in [0, 0.1) is 5.82 Å². The third-order valence-electron chi connectivity index (χ3n) is 5.14. The lowest BCUT2D eigenvalue weighted by molar-refractivity contribution is 0.563. The van der Waals surface area contributed by atoms with Gasteiger partial charge in [-0.2, -0.15) is 0 Å². The summed E-state index contributed by atoms with van der Waals surface area (Å²) >= 11 is 6.46. The lowest BCUT2D eigenvalue weighted by Gasteiger charge is -2.19. The van der Waals surface area contributed by atoms with Gasteiger partial charge in [-0.25, -0.2) is 14.4 Å². The molecule has 4 N–H and O–H groups in total. The van der Waals surface area contributed by atoms with Crippen LogP contribution >= 0.6 is 11.6 Å². The van der Waals surface area contributed by atoms with Crippen LogP contribution in [0.3, 0.4) is 0 Å². The van der Waals surface area contributed by atoms with E-state index < -0.39 is 0 Å². The first kappa shape index (κ1) is 26.6. The maximum Gasteiger partial charge on any atom is 0.126 e. The summed E-state index contributed by atoms with van der Waals surface area (Å²) in [4.78, 5) is 9.18. The van der Waals surface area contributed by atoms with E-state index in [9.17, 15) is 4.39 Å². The standard InChI is InChI=1S/C25H30ClFN4.CH5N/c1-3-5-11-20(8-4-2)30-25-15-21(22(26)17-29-25)23-12-7-13-24(31-23)28-16-18-9-6-10-19(27)14-18;1-2/h6-7,9-10,12-15,17,20H,3-5,8,11,16H2,1-2H3,(H,28,31)(H,29,30);2H2,1H3. The molecule has 5 nitrogen and oxygen atoms in total. The van der Waals surface area contributed by atoms with E-state index in [0.29, 0.717) is 23.4 Å². The average Bonchev–Trinajstić information content (AvgIpc) is 2.84. The van der Waals surface area contributed by atoms with Crippen molar-refractivity contribution >= 4 is 23.2 Å². The van der Waals surface area contributed by atoms with Crippen molar-refractivity contribution < 1.29 is 4.39 Å². The topological polar surface area (TPSA) is 75.9 Å². The lowest BCUT2D eigenvalue weighted by Crippen LogP contribution is -2.19. The fourth-order valence-corrected chi connectivity index (χ4v) is 3.73. The Morgan fingerprint density at radius 3 is 2.52 bits per heavy atom. The minimum Gasteiger partial charge on any atom is -0.367 e. The molecule has 2 aromatic heterocycles. The molecule has 0 saturated heterocycles. The van der Waals surface area contributed by atoms with E-state index in [4.69, 9.17) is 16.6 Å². The maximum absolute atomic E-state index is 13.4. The van der Waals surface area contributed by atoms with Crippen molar-refractivity contribution in [3.05, 3.63) is 71.1 Å². The van der Waals surface area contributed by atoms with Gasteiger partial charge in [-0.05, 0) is 55.8 Å². The molecule has 0 radical (unpaired) electrons. The molecule has 0 fully saturated rings. The Morgan fingerprint density at radius 1 is 1.00 bits per heavy atom. The number of hydrogen-bond acceptors (Lipinski definition) is 5. The molecule has 0 spiro atoms. The molecule has 0 aliphatic rings. The SMILES string of the molecule is CCCCC(CCC)Nc1cc(-c2cccc(NCc3cccc(F)c3)n2)c(Cl)cn1.CN. The molecule has 0 bridgehead atoms. The Balaban J connectivity index is 0.00000187. The number of rotatable bonds is 11. The van der Waals surface area contributed by atoms with Crippen LogP contribution in [0.1, 0.15) is 51.5 Å². The molecule has 178 valence electrons. The second kappa shape index (κ2) is 14.4. The average molecular weight is 472 g/mol. The Bertz CT molecular complexity index is 982. The van der Waals surface area contributed by atoms with Crippen molar-refractivity contribution in [1.29, 1.82) is 0 Å². The zero-order valence-corrected chi connectivity index (χ0v) is 20.5. The van der Waals surface area contributed by atoms with Gasteiger partial charge < -0.3 is 16.4 Å². The van der Waals surface area contributed by atoms with Crippen molar-refractivity contribution in [1.82, 2.24) is 9.97 Å². The summed E-state index contributed by atoms with van der Waals surface area (Å²) in [5, 5.41) is 7.38. The smallest absolute Gasteiger partial charge is 0.126 e. The lowest BCUT2D eigenvalue weighted by atomic mass is 10.0. The minimum atomic E-state index is -0.245. The summed E-state index contributed by atoms with van der Waals surface area (Å²) in [6, 6.07) is 14.6. The Morgan fingerprint density at radius 2 is 1.79 bits per heavy atom. The number of unbranched alkanes of at least 4 members (excludes halogenated alkanes) is 1. The van der Waals surface area contributed by atoms with Gasteiger partial charge in [-0.1, -0.05) is 62.9 Å². The fraction of sp³-hybridized carbons (Fsp3) is 0.385. The molecule has 1 unspecified atom stereocenters. The minimum absolute atomic E-state index is 0.245. The van der Waals surface area contributed by atoms with Gasteiger partial charge in [-0.15, -0.1) is 0 Å². The van der Waals surface area contributed by atoms with E-state index in [1.54, 1.807) is 12.3 Å². The number of hydrogen-bond donors (Lipinski definition) is 3. The number of nitrogens with one attached hydrogen (secondary N) is 2. The number of aromatic nitrogens is 2. The molecule has 3 rings (SSSR count). The fourth-order valence-electron chi connectivity index (χ4n) is 3.53. The molecule has 2 heterocycles. The van der Waals surface area contributed by atoms with Crippen LogP contribution in [-0.2, 0) is 6.54 Å². The van der Waals surface area contributed by atoms with Crippen LogP contribution < -0.4 is 16.4 Å². The van der Waals surface area contributed by atoms with E-state index in [-0.39, 0.29) is 5.82 Å². The number of anilines is 2. The zero-order valence-electron chi connectivity index (χ0n) is 19.7. The molecule has 1 aromatic carbocycles. The molecular weight excluding hydrogens is 437 g/mol. The molecule has 0 aliphatic carbocycles. The molecule has 0 amide bonds. The summed E-state index contributed by atoms with van der Waals surface area (Å²) < 4.78 is 13.4. The predicted octanol–water partition coefficient (Wildman–Crippen LogP) is 6.89. The molecule has 7 heteroatoms. The van der Waals surface area contributed by atoms with Gasteiger partial charge in [0, 0.05) is 24.3 Å². The summed E-state index contributed by atoms with van der Waals surface area (Å²) in [5.74, 6) is 1.27. The second-order valence-electron chi connectivity index (χ2n) is 7.71. The quantitative estimate of drug-likeness (QED) is 0.283. The van der Waals surface area contributed by atoms with E-state index >= 15 is 0 Å². The highest BCUT2D eigenvalue weighted by Crippen LogP contribution is 2.29. The molecule has 0 saturated carbocycles. The normalized spacial score (nSPS) is 11.3. The van der Waals surface area contributed by atoms with Gasteiger partial charge in [-0.3, -0.25) is 0 Å². The number of nitrogens with zero attached hydrogens (tertiary/aromatic N) is 2. The van der Waals surface area contributed by atoms with Crippen molar-refractivity contribution in [2.24, 2.45) is 5.73 Å². The van der Waals surface area contributed by atoms with Crippen molar-refractivity contribution in [3.8, 4) is 11.3 Å². The number of nitrogens with two attached hydrogens (primary N) is 1. The summed E-state index contributed by atoms with van der Waals surface area (Å²) in [5.41, 5.74) is 6.95. The number of benzene rings is 1. The van der Waals surface area contributed by atoms with Crippen LogP contribution in [0.5, 0.6) is 0 Å². The zero-order chi connectivity index (χ0) is 24.1. The first-order valence-electron chi connectivity index (χ1n) is 11.5. The van der Waals surface area contributed by atoms with Crippen molar-refractivity contribution in [2.75, 3.05) is 17.7 Å². The van der Waals surface area contributed by atoms with E-state index in [1.165, 1.54) is 32.0 Å². The van der Waals surface area contributed by atoms with Crippen molar-refractivity contribution in [2.45, 2.75) is 58.5 Å². The van der Waals surface area contributed by atoms with Gasteiger partial charge >= 0.3 is 0 Å². The highest BCUT2D eigenvalue weighted by molar-refractivity contribution is 6.33. The maximum atomic E-state index is 13.4. The molecule has 3 aromatic rings. The van der Waals surface area contributed by atoms with Crippen LogP contribution in [0.25, 0.3) is 11.3 Å². The van der Waals surface area contributed by atoms with Gasteiger partial charge in [0.15, 0.2) is 0 Å². The van der Waals surface area contributed by atoms with Crippen LogP contribution in [0.2, 0.25) is 5.02 Å². The third-order valence-corrected chi connectivity index (χ3v) is 5.44. The van der Waals surface area contributed by atoms with Crippen LogP contribution in [0.15, 0.2) is 54.7 Å². The Hall–Kier alpha value is -2.70. The number of pyridine rings is 2. The molecular formula is C26H35ClFN5. The number of halogens is 2. The summed E-state index contributed by atoms with van der Waals surface area (Å²) in [7, 11) is 1.50. The van der Waals surface area contributed by atoms with Gasteiger partial charge in [0.2, 0.25) is 0 Å². The van der Waals surface area contributed by atoms with E-state index in [2.05, 4.69) is 35.2 Å². The first-order valence-corrected chi connectivity index (χ1v) is 11.9. The van der Waals surface area contributed by atoms with Crippen molar-refractivity contribution in [3.63, 3.8) is 0 Å². The van der Waals surface area contributed by atoms with E-state index in [1.807, 2.05) is 30.3 Å². The highest BCUT2D eigenvalue weighted by Gasteiger charge is 2.12. The summed E-state index contributed by atoms with van der Waals surface area (Å²) in [6.45, 7) is 4.90. The Kier molecular flexibility index (Phi) is 11.6. The van der Waals surface area contributed by atoms with Crippen LogP contribution in [-0.4, -0.2) is 23.1 Å². The van der Waals surface area contributed by atoms with Crippen LogP contribution in [0.4, 0.5) is 16.0 Å². The highest BCUT2D eigenvalue weighted by atomic mass is 35.5. The summed E-state index contributed by atoms with van der Waals surface area (Å²) in [6.07, 6.45) is 7.41. The van der Waals surface area contributed by atoms with Gasteiger partial charge in [0.1, 0.15) is 17.5 Å². The molecule has 0 aliphatic heterocycles. The largest absolute Gasteiger partial charge is 0.367 e. The second-order valence-corrected chi connectivity index (χ2v) is 8.12. The molecule has 1 atom stereocenters.